The van der Waals surface area contributed by atoms with E-state index in [1.54, 1.807) is 0 Å². The van der Waals surface area contributed by atoms with Gasteiger partial charge in [-0.2, -0.15) is 4.98 Å². The highest BCUT2D eigenvalue weighted by Crippen LogP contribution is 2.06. The molecule has 1 aromatic heterocycles. The highest BCUT2D eigenvalue weighted by atomic mass is 16.5. The molecule has 16 heavy (non-hydrogen) atoms. The summed E-state index contributed by atoms with van der Waals surface area (Å²) >= 11 is 0. The van der Waals surface area contributed by atoms with Crippen molar-refractivity contribution in [3.05, 3.63) is 47.6 Å². The summed E-state index contributed by atoms with van der Waals surface area (Å²) in [6.07, 6.45) is 1.50. The van der Waals surface area contributed by atoms with Gasteiger partial charge in [-0.15, -0.1) is 0 Å². The van der Waals surface area contributed by atoms with Gasteiger partial charge in [-0.1, -0.05) is 35.5 Å². The third-order valence-electron chi connectivity index (χ3n) is 2.30. The second-order valence-electron chi connectivity index (χ2n) is 3.62. The van der Waals surface area contributed by atoms with Crippen LogP contribution in [0, 0.1) is 0 Å². The first-order chi connectivity index (χ1) is 7.88. The Kier molecular flexibility index (Phi) is 3.66. The normalized spacial score (nSPS) is 10.6. The maximum Gasteiger partial charge on any atom is 0.227 e. The van der Waals surface area contributed by atoms with E-state index in [4.69, 9.17) is 4.52 Å². The molecule has 2 aromatic rings. The molecule has 0 aliphatic heterocycles. The highest BCUT2D eigenvalue weighted by Gasteiger charge is 2.05. The Hall–Kier alpha value is -1.68. The number of hydrogen-bond donors (Lipinski definition) is 1. The smallest absolute Gasteiger partial charge is 0.227 e. The molecule has 4 heteroatoms. The predicted octanol–water partition coefficient (Wildman–Crippen LogP) is 1.42. The van der Waals surface area contributed by atoms with Crippen LogP contribution in [0.5, 0.6) is 0 Å². The van der Waals surface area contributed by atoms with Crippen LogP contribution in [0.25, 0.3) is 0 Å². The van der Waals surface area contributed by atoms with Crippen LogP contribution in [0.4, 0.5) is 0 Å². The van der Waals surface area contributed by atoms with Crippen molar-refractivity contribution in [2.75, 3.05) is 13.6 Å². The van der Waals surface area contributed by atoms with E-state index in [2.05, 4.69) is 27.6 Å². The minimum absolute atomic E-state index is 0.695. The molecule has 2 rings (SSSR count). The monoisotopic (exact) mass is 217 g/mol. The lowest BCUT2D eigenvalue weighted by molar-refractivity contribution is 0.372. The number of nitrogens with zero attached hydrogens (tertiary/aromatic N) is 2. The van der Waals surface area contributed by atoms with Crippen molar-refractivity contribution in [2.24, 2.45) is 0 Å². The number of aromatic nitrogens is 2. The fourth-order valence-corrected chi connectivity index (χ4v) is 1.47. The van der Waals surface area contributed by atoms with Gasteiger partial charge in [-0.3, -0.25) is 0 Å². The lowest BCUT2D eigenvalue weighted by Gasteiger charge is -1.94. The van der Waals surface area contributed by atoms with Crippen LogP contribution in [-0.4, -0.2) is 23.7 Å². The maximum atomic E-state index is 5.14. The molecule has 1 N–H and O–H groups in total. The van der Waals surface area contributed by atoms with Crippen molar-refractivity contribution < 1.29 is 4.52 Å². The second-order valence-corrected chi connectivity index (χ2v) is 3.62. The van der Waals surface area contributed by atoms with Crippen LogP contribution in [-0.2, 0) is 12.8 Å². The lowest BCUT2D eigenvalue weighted by atomic mass is 10.1. The topological polar surface area (TPSA) is 51.0 Å². The summed E-state index contributed by atoms with van der Waals surface area (Å²) in [5, 5.41) is 7.00. The Bertz CT molecular complexity index is 425. The summed E-state index contributed by atoms with van der Waals surface area (Å²) in [6.45, 7) is 0.854. The zero-order valence-electron chi connectivity index (χ0n) is 9.31. The quantitative estimate of drug-likeness (QED) is 0.823. The number of nitrogens with one attached hydrogen (secondary N) is 1. The molecule has 0 radical (unpaired) electrons. The van der Waals surface area contributed by atoms with Crippen LogP contribution in [0.3, 0.4) is 0 Å². The molecule has 0 atom stereocenters. The molecule has 0 aliphatic rings. The molecule has 0 fully saturated rings. The van der Waals surface area contributed by atoms with Crippen molar-refractivity contribution in [1.82, 2.24) is 15.5 Å². The molecule has 0 aliphatic carbocycles. The third kappa shape index (κ3) is 2.90. The molecular weight excluding hydrogens is 202 g/mol. The summed E-state index contributed by atoms with van der Waals surface area (Å²) in [5.41, 5.74) is 1.20. The van der Waals surface area contributed by atoms with Gasteiger partial charge >= 0.3 is 0 Å². The Morgan fingerprint density at radius 1 is 1.25 bits per heavy atom. The highest BCUT2D eigenvalue weighted by molar-refractivity contribution is 5.18. The van der Waals surface area contributed by atoms with Gasteiger partial charge in [-0.05, 0) is 12.6 Å². The number of hydrogen-bond acceptors (Lipinski definition) is 4. The van der Waals surface area contributed by atoms with Crippen molar-refractivity contribution in [2.45, 2.75) is 12.8 Å². The van der Waals surface area contributed by atoms with E-state index in [1.807, 2.05) is 25.2 Å². The molecule has 84 valence electrons. The molecule has 0 amide bonds. The van der Waals surface area contributed by atoms with Gasteiger partial charge in [0.15, 0.2) is 5.82 Å². The van der Waals surface area contributed by atoms with E-state index in [-0.39, 0.29) is 0 Å². The summed E-state index contributed by atoms with van der Waals surface area (Å²) in [4.78, 5) is 4.33. The number of likely N-dealkylation sites (N-methyl/N-ethyl adjacent to an activating group) is 1. The van der Waals surface area contributed by atoms with Crippen LogP contribution >= 0.6 is 0 Å². The zero-order chi connectivity index (χ0) is 11.2. The van der Waals surface area contributed by atoms with Crippen LogP contribution in [0.2, 0.25) is 0 Å². The standard InChI is InChI=1S/C12H15N3O/c1-13-8-7-12-14-11(15-16-12)9-10-5-3-2-4-6-10/h2-6,13H,7-9H2,1H3. The number of rotatable bonds is 5. The van der Waals surface area contributed by atoms with E-state index in [0.29, 0.717) is 5.89 Å². The Morgan fingerprint density at radius 3 is 2.81 bits per heavy atom. The molecule has 0 bridgehead atoms. The molecule has 1 heterocycles. The van der Waals surface area contributed by atoms with Gasteiger partial charge in [0.25, 0.3) is 0 Å². The van der Waals surface area contributed by atoms with Crippen molar-refractivity contribution in [1.29, 1.82) is 0 Å². The molecule has 1 aromatic carbocycles. The average Bonchev–Trinajstić information content (AvgIpc) is 2.75. The Balaban J connectivity index is 1.97. The van der Waals surface area contributed by atoms with Gasteiger partial charge in [0.2, 0.25) is 5.89 Å². The van der Waals surface area contributed by atoms with E-state index >= 15 is 0 Å². The van der Waals surface area contributed by atoms with Gasteiger partial charge in [-0.25, -0.2) is 0 Å². The molecular formula is C12H15N3O. The van der Waals surface area contributed by atoms with Crippen molar-refractivity contribution in [3.8, 4) is 0 Å². The molecule has 0 unspecified atom stereocenters. The minimum Gasteiger partial charge on any atom is -0.339 e. The van der Waals surface area contributed by atoms with Gasteiger partial charge in [0, 0.05) is 19.4 Å². The van der Waals surface area contributed by atoms with Gasteiger partial charge in [0.05, 0.1) is 0 Å². The minimum atomic E-state index is 0.695. The fourth-order valence-electron chi connectivity index (χ4n) is 1.47. The Morgan fingerprint density at radius 2 is 2.06 bits per heavy atom. The maximum absolute atomic E-state index is 5.14. The first kappa shape index (κ1) is 10.8. The molecule has 0 saturated heterocycles. The fraction of sp³-hybridized carbons (Fsp3) is 0.333. The van der Waals surface area contributed by atoms with Gasteiger partial charge < -0.3 is 9.84 Å². The first-order valence-corrected chi connectivity index (χ1v) is 5.38. The summed E-state index contributed by atoms with van der Waals surface area (Å²) in [5.74, 6) is 1.44. The van der Waals surface area contributed by atoms with Crippen molar-refractivity contribution >= 4 is 0 Å². The van der Waals surface area contributed by atoms with Crippen molar-refractivity contribution in [3.63, 3.8) is 0 Å². The van der Waals surface area contributed by atoms with Gasteiger partial charge in [0.1, 0.15) is 0 Å². The van der Waals surface area contributed by atoms with E-state index in [0.717, 1.165) is 25.2 Å². The molecule has 4 nitrogen and oxygen atoms in total. The zero-order valence-corrected chi connectivity index (χ0v) is 9.31. The number of benzene rings is 1. The van der Waals surface area contributed by atoms with Crippen LogP contribution in [0.15, 0.2) is 34.9 Å². The summed E-state index contributed by atoms with van der Waals surface area (Å²) in [6, 6.07) is 10.1. The molecule has 0 saturated carbocycles. The second kappa shape index (κ2) is 5.42. The summed E-state index contributed by atoms with van der Waals surface area (Å²) in [7, 11) is 1.90. The lowest BCUT2D eigenvalue weighted by Crippen LogP contribution is -2.10. The van der Waals surface area contributed by atoms with Crippen LogP contribution < -0.4 is 5.32 Å². The SMILES string of the molecule is CNCCc1nc(Cc2ccccc2)no1. The van der Waals surface area contributed by atoms with E-state index in [9.17, 15) is 0 Å². The third-order valence-corrected chi connectivity index (χ3v) is 2.30. The van der Waals surface area contributed by atoms with E-state index in [1.165, 1.54) is 5.56 Å². The largest absolute Gasteiger partial charge is 0.339 e. The predicted molar refractivity (Wildman–Crippen MR) is 61.2 cm³/mol. The van der Waals surface area contributed by atoms with E-state index < -0.39 is 0 Å². The average molecular weight is 217 g/mol. The Labute approximate surface area is 94.7 Å². The summed E-state index contributed by atoms with van der Waals surface area (Å²) < 4.78 is 5.14. The first-order valence-electron chi connectivity index (χ1n) is 5.38. The molecule has 0 spiro atoms. The van der Waals surface area contributed by atoms with Crippen LogP contribution in [0.1, 0.15) is 17.3 Å².